The third-order valence-electron chi connectivity index (χ3n) is 4.42. The van der Waals surface area contributed by atoms with Crippen molar-refractivity contribution in [2.75, 3.05) is 6.61 Å². The van der Waals surface area contributed by atoms with Crippen LogP contribution < -0.4 is 0 Å². The average Bonchev–Trinajstić information content (AvgIpc) is 2.30. The Bertz CT molecular complexity index is 262. The number of carbonyl (C=O) groups excluding carboxylic acids is 2. The zero-order chi connectivity index (χ0) is 12.4. The maximum atomic E-state index is 11.2. The van der Waals surface area contributed by atoms with Crippen LogP contribution in [0.5, 0.6) is 0 Å². The monoisotopic (exact) mass is 226 g/mol. The van der Waals surface area contributed by atoms with Crippen molar-refractivity contribution >= 4 is 12.6 Å². The molecule has 1 aliphatic carbocycles. The molecule has 0 saturated heterocycles. The fraction of sp³-hybridized carbons (Fsp3) is 0.846. The molecule has 16 heavy (non-hydrogen) atoms. The van der Waals surface area contributed by atoms with Crippen molar-refractivity contribution in [2.24, 2.45) is 22.7 Å². The Balaban J connectivity index is 2.90. The maximum Gasteiger partial charge on any atom is 0.133 e. The number of aliphatic hydroxyl groups is 1. The fourth-order valence-corrected chi connectivity index (χ4v) is 2.60. The molecule has 0 aromatic rings. The minimum absolute atomic E-state index is 0.0971. The molecule has 1 saturated carbocycles. The fourth-order valence-electron chi connectivity index (χ4n) is 2.60. The molecule has 0 heterocycles. The summed E-state index contributed by atoms with van der Waals surface area (Å²) in [5.74, 6) is 0.359. The number of carbonyl (C=O) groups is 2. The zero-order valence-electron chi connectivity index (χ0n) is 10.4. The van der Waals surface area contributed by atoms with Gasteiger partial charge in [-0.3, -0.25) is 0 Å². The first-order valence-corrected chi connectivity index (χ1v) is 5.95. The lowest BCUT2D eigenvalue weighted by Gasteiger charge is -2.44. The molecular formula is C13H22O3. The molecule has 0 bridgehead atoms. The lowest BCUT2D eigenvalue weighted by atomic mass is 9.59. The Labute approximate surface area is 97.2 Å². The molecule has 3 nitrogen and oxygen atoms in total. The molecular weight excluding hydrogens is 204 g/mol. The molecule has 0 spiro atoms. The summed E-state index contributed by atoms with van der Waals surface area (Å²) in [7, 11) is 0. The van der Waals surface area contributed by atoms with Crippen molar-refractivity contribution in [1.29, 1.82) is 0 Å². The lowest BCUT2D eigenvalue weighted by Crippen LogP contribution is -2.43. The van der Waals surface area contributed by atoms with Crippen LogP contribution in [0.2, 0.25) is 0 Å². The highest BCUT2D eigenvalue weighted by molar-refractivity contribution is 5.84. The van der Waals surface area contributed by atoms with E-state index in [0.717, 1.165) is 25.4 Å². The molecule has 2 unspecified atom stereocenters. The molecule has 0 aromatic heterocycles. The van der Waals surface area contributed by atoms with Crippen molar-refractivity contribution in [2.45, 2.75) is 40.0 Å². The zero-order valence-corrected chi connectivity index (χ0v) is 10.4. The highest BCUT2D eigenvalue weighted by Gasteiger charge is 2.45. The summed E-state index contributed by atoms with van der Waals surface area (Å²) in [5.41, 5.74) is -1.03. The second kappa shape index (κ2) is 4.66. The predicted octanol–water partition coefficient (Wildman–Crippen LogP) is 1.83. The van der Waals surface area contributed by atoms with E-state index in [1.54, 1.807) is 0 Å². The highest BCUT2D eigenvalue weighted by atomic mass is 16.3. The van der Waals surface area contributed by atoms with Gasteiger partial charge in [-0.15, -0.1) is 0 Å². The maximum absolute atomic E-state index is 11.2. The van der Waals surface area contributed by atoms with Gasteiger partial charge < -0.3 is 14.7 Å². The third-order valence-corrected chi connectivity index (χ3v) is 4.42. The summed E-state index contributed by atoms with van der Waals surface area (Å²) < 4.78 is 0. The molecule has 0 radical (unpaired) electrons. The Morgan fingerprint density at radius 2 is 1.88 bits per heavy atom. The first-order chi connectivity index (χ1) is 7.41. The first-order valence-electron chi connectivity index (χ1n) is 5.95. The van der Waals surface area contributed by atoms with Crippen LogP contribution in [-0.4, -0.2) is 24.3 Å². The molecule has 0 aliphatic heterocycles. The SMILES string of the molecule is CC1CCC(C(C)(C)CO)CC1(C=O)C=O. The average molecular weight is 226 g/mol. The van der Waals surface area contributed by atoms with Crippen molar-refractivity contribution in [3.8, 4) is 0 Å². The van der Waals surface area contributed by atoms with E-state index in [-0.39, 0.29) is 23.9 Å². The molecule has 92 valence electrons. The van der Waals surface area contributed by atoms with Gasteiger partial charge in [-0.2, -0.15) is 0 Å². The summed E-state index contributed by atoms with van der Waals surface area (Å²) in [4.78, 5) is 22.4. The molecule has 3 heteroatoms. The van der Waals surface area contributed by atoms with Crippen LogP contribution in [0.4, 0.5) is 0 Å². The van der Waals surface area contributed by atoms with Crippen LogP contribution >= 0.6 is 0 Å². The van der Waals surface area contributed by atoms with Gasteiger partial charge in [0.2, 0.25) is 0 Å². The number of hydrogen-bond donors (Lipinski definition) is 1. The number of aliphatic hydroxyl groups excluding tert-OH is 1. The van der Waals surface area contributed by atoms with Crippen molar-refractivity contribution in [3.63, 3.8) is 0 Å². The van der Waals surface area contributed by atoms with Gasteiger partial charge in [-0.1, -0.05) is 20.8 Å². The summed E-state index contributed by atoms with van der Waals surface area (Å²) >= 11 is 0. The highest BCUT2D eigenvalue weighted by Crippen LogP contribution is 2.47. The van der Waals surface area contributed by atoms with E-state index >= 15 is 0 Å². The second-order valence-electron chi connectivity index (χ2n) is 5.87. The minimum Gasteiger partial charge on any atom is -0.396 e. The van der Waals surface area contributed by atoms with Gasteiger partial charge in [0, 0.05) is 6.61 Å². The molecule has 2 atom stereocenters. The van der Waals surface area contributed by atoms with Gasteiger partial charge in [-0.05, 0) is 36.5 Å². The second-order valence-corrected chi connectivity index (χ2v) is 5.87. The molecule has 0 amide bonds. The van der Waals surface area contributed by atoms with E-state index in [9.17, 15) is 14.7 Å². The van der Waals surface area contributed by atoms with E-state index in [1.807, 2.05) is 20.8 Å². The van der Waals surface area contributed by atoms with E-state index in [4.69, 9.17) is 0 Å². The van der Waals surface area contributed by atoms with Crippen molar-refractivity contribution < 1.29 is 14.7 Å². The van der Waals surface area contributed by atoms with Crippen LogP contribution in [0.25, 0.3) is 0 Å². The van der Waals surface area contributed by atoms with Gasteiger partial charge in [0.25, 0.3) is 0 Å². The Hall–Kier alpha value is -0.700. The standard InChI is InChI=1S/C13H22O3/c1-10-4-5-11(12(2,3)7-14)6-13(10,8-15)9-16/h8-11,14H,4-7H2,1-3H3. The topological polar surface area (TPSA) is 54.4 Å². The molecule has 0 aromatic carbocycles. The van der Waals surface area contributed by atoms with Gasteiger partial charge in [0.1, 0.15) is 12.6 Å². The predicted molar refractivity (Wildman–Crippen MR) is 61.9 cm³/mol. The van der Waals surface area contributed by atoms with E-state index in [2.05, 4.69) is 0 Å². The van der Waals surface area contributed by atoms with Crippen LogP contribution in [-0.2, 0) is 9.59 Å². The summed E-state index contributed by atoms with van der Waals surface area (Å²) in [6.07, 6.45) is 4.06. The van der Waals surface area contributed by atoms with Crippen molar-refractivity contribution in [1.82, 2.24) is 0 Å². The first kappa shape index (κ1) is 13.4. The Kier molecular flexibility index (Phi) is 3.89. The van der Waals surface area contributed by atoms with E-state index in [1.165, 1.54) is 0 Å². The van der Waals surface area contributed by atoms with E-state index < -0.39 is 5.41 Å². The number of hydrogen-bond acceptors (Lipinski definition) is 3. The number of aldehydes is 2. The summed E-state index contributed by atoms with van der Waals surface area (Å²) in [5, 5.41) is 9.35. The smallest absolute Gasteiger partial charge is 0.133 e. The van der Waals surface area contributed by atoms with Gasteiger partial charge >= 0.3 is 0 Å². The Morgan fingerprint density at radius 1 is 1.31 bits per heavy atom. The van der Waals surface area contributed by atoms with Gasteiger partial charge in [0.15, 0.2) is 0 Å². The summed E-state index contributed by atoms with van der Waals surface area (Å²) in [6, 6.07) is 0. The van der Waals surface area contributed by atoms with Gasteiger partial charge in [-0.25, -0.2) is 0 Å². The van der Waals surface area contributed by atoms with Crippen LogP contribution in [0.3, 0.4) is 0 Å². The van der Waals surface area contributed by atoms with Crippen LogP contribution in [0.15, 0.2) is 0 Å². The molecule has 1 fully saturated rings. The molecule has 1 rings (SSSR count). The lowest BCUT2D eigenvalue weighted by molar-refractivity contribution is -0.135. The van der Waals surface area contributed by atoms with E-state index in [0.29, 0.717) is 6.42 Å². The normalized spacial score (nSPS) is 29.8. The van der Waals surface area contributed by atoms with Crippen LogP contribution in [0, 0.1) is 22.7 Å². The quantitative estimate of drug-likeness (QED) is 0.587. The molecule has 1 aliphatic rings. The summed E-state index contributed by atoms with van der Waals surface area (Å²) in [6.45, 7) is 6.05. The number of rotatable bonds is 4. The van der Waals surface area contributed by atoms with Gasteiger partial charge in [0.05, 0.1) is 5.41 Å². The van der Waals surface area contributed by atoms with Crippen molar-refractivity contribution in [3.05, 3.63) is 0 Å². The Morgan fingerprint density at radius 3 is 2.31 bits per heavy atom. The molecule has 1 N–H and O–H groups in total. The third kappa shape index (κ3) is 2.19. The largest absolute Gasteiger partial charge is 0.396 e. The van der Waals surface area contributed by atoms with Crippen LogP contribution in [0.1, 0.15) is 40.0 Å². The minimum atomic E-state index is -0.824.